The van der Waals surface area contributed by atoms with E-state index < -0.39 is 0 Å². The summed E-state index contributed by atoms with van der Waals surface area (Å²) >= 11 is 3.23. The van der Waals surface area contributed by atoms with Gasteiger partial charge in [-0.1, -0.05) is 6.92 Å². The molecule has 0 bridgehead atoms. The van der Waals surface area contributed by atoms with Crippen LogP contribution in [0, 0.1) is 11.3 Å². The molecule has 1 atom stereocenters. The lowest BCUT2D eigenvalue weighted by Gasteiger charge is -2.31. The minimum absolute atomic E-state index is 0.232. The first-order chi connectivity index (χ1) is 9.08. The van der Waals surface area contributed by atoms with Crippen molar-refractivity contribution >= 4 is 39.7 Å². The van der Waals surface area contributed by atoms with Crippen molar-refractivity contribution in [2.45, 2.75) is 12.2 Å². The summed E-state index contributed by atoms with van der Waals surface area (Å²) in [5.74, 6) is 0.795. The summed E-state index contributed by atoms with van der Waals surface area (Å²) < 4.78 is 0. The van der Waals surface area contributed by atoms with Crippen molar-refractivity contribution in [1.82, 2.24) is 5.32 Å². The van der Waals surface area contributed by atoms with Crippen LogP contribution in [0.25, 0.3) is 0 Å². The van der Waals surface area contributed by atoms with Crippen molar-refractivity contribution in [2.24, 2.45) is 0 Å². The molecule has 0 saturated carbocycles. The van der Waals surface area contributed by atoms with Crippen molar-refractivity contribution in [1.29, 1.82) is 5.26 Å². The van der Waals surface area contributed by atoms with Crippen LogP contribution in [0.15, 0.2) is 0 Å². The third-order valence-electron chi connectivity index (χ3n) is 3.00. The highest BCUT2D eigenvalue weighted by molar-refractivity contribution is 8.00. The maximum Gasteiger partial charge on any atom is 0.263 e. The zero-order valence-corrected chi connectivity index (χ0v) is 12.5. The maximum absolute atomic E-state index is 11.8. The molecule has 0 spiro atoms. The van der Waals surface area contributed by atoms with E-state index >= 15 is 0 Å². The van der Waals surface area contributed by atoms with Gasteiger partial charge in [0.25, 0.3) is 5.91 Å². The second kappa shape index (κ2) is 5.72. The summed E-state index contributed by atoms with van der Waals surface area (Å²) in [6.45, 7) is 3.93. The number of thiophene rings is 1. The number of amides is 1. The molecule has 2 rings (SSSR count). The van der Waals surface area contributed by atoms with Gasteiger partial charge in [-0.3, -0.25) is 4.79 Å². The molecule has 2 heterocycles. The molecule has 0 aliphatic carbocycles. The number of hydrogen-bond donors (Lipinski definition) is 2. The third-order valence-corrected chi connectivity index (χ3v) is 5.40. The van der Waals surface area contributed by atoms with Crippen molar-refractivity contribution in [3.63, 3.8) is 0 Å². The number of hydrogen-bond acceptors (Lipinski definition) is 6. The quantitative estimate of drug-likeness (QED) is 0.864. The first kappa shape index (κ1) is 14.0. The largest absolute Gasteiger partial charge is 0.396 e. The summed E-state index contributed by atoms with van der Waals surface area (Å²) in [6, 6.07) is 2.13. The zero-order chi connectivity index (χ0) is 14.0. The van der Waals surface area contributed by atoms with E-state index in [4.69, 9.17) is 5.73 Å². The number of nitrogens with zero attached hydrogens (tertiary/aromatic N) is 2. The number of carbonyl (C=O) groups excluding carboxylic acids is 1. The van der Waals surface area contributed by atoms with Crippen molar-refractivity contribution in [2.75, 3.05) is 36.5 Å². The molecule has 1 amide bonds. The number of anilines is 2. The Morgan fingerprint density at radius 2 is 2.37 bits per heavy atom. The summed E-state index contributed by atoms with van der Waals surface area (Å²) in [6.07, 6.45) is 0. The van der Waals surface area contributed by atoms with E-state index in [1.165, 1.54) is 11.3 Å². The fourth-order valence-electron chi connectivity index (χ4n) is 2.05. The number of rotatable bonds is 2. The van der Waals surface area contributed by atoms with Crippen LogP contribution in [0.3, 0.4) is 0 Å². The molecule has 1 saturated heterocycles. The molecular formula is C12H16N4OS2. The average molecular weight is 296 g/mol. The number of thioether (sulfide) groups is 1. The van der Waals surface area contributed by atoms with Crippen LogP contribution in [-0.2, 0) is 0 Å². The van der Waals surface area contributed by atoms with E-state index in [1.807, 2.05) is 11.8 Å². The van der Waals surface area contributed by atoms with Gasteiger partial charge in [-0.25, -0.2) is 0 Å². The van der Waals surface area contributed by atoms with Crippen LogP contribution >= 0.6 is 23.1 Å². The molecule has 1 unspecified atom stereocenters. The van der Waals surface area contributed by atoms with Crippen LogP contribution in [0.5, 0.6) is 0 Å². The highest BCUT2D eigenvalue weighted by Crippen LogP contribution is 2.39. The van der Waals surface area contributed by atoms with E-state index in [2.05, 4.69) is 23.2 Å². The van der Waals surface area contributed by atoms with Gasteiger partial charge in [-0.05, 0) is 0 Å². The molecule has 0 aromatic carbocycles. The molecule has 0 radical (unpaired) electrons. The molecule has 1 aliphatic rings. The van der Waals surface area contributed by atoms with E-state index in [-0.39, 0.29) is 5.91 Å². The summed E-state index contributed by atoms with van der Waals surface area (Å²) in [5.41, 5.74) is 6.66. The Hall–Kier alpha value is -1.39. The van der Waals surface area contributed by atoms with Gasteiger partial charge in [0.05, 0.1) is 5.69 Å². The predicted octanol–water partition coefficient (Wildman–Crippen LogP) is 1.50. The van der Waals surface area contributed by atoms with Crippen LogP contribution < -0.4 is 16.0 Å². The van der Waals surface area contributed by atoms with E-state index in [0.29, 0.717) is 21.4 Å². The molecule has 1 aromatic rings. The van der Waals surface area contributed by atoms with E-state index in [0.717, 1.165) is 23.8 Å². The van der Waals surface area contributed by atoms with Crippen LogP contribution in [0.2, 0.25) is 0 Å². The number of nitriles is 1. The van der Waals surface area contributed by atoms with Crippen LogP contribution in [0.4, 0.5) is 10.7 Å². The lowest BCUT2D eigenvalue weighted by Crippen LogP contribution is -2.36. The molecule has 1 fully saturated rings. The predicted molar refractivity (Wildman–Crippen MR) is 81.0 cm³/mol. The molecule has 1 aromatic heterocycles. The monoisotopic (exact) mass is 296 g/mol. The van der Waals surface area contributed by atoms with Gasteiger partial charge in [0.2, 0.25) is 0 Å². The molecule has 19 heavy (non-hydrogen) atoms. The number of carbonyl (C=O) groups is 1. The highest BCUT2D eigenvalue weighted by atomic mass is 32.2. The topological polar surface area (TPSA) is 82.2 Å². The first-order valence-electron chi connectivity index (χ1n) is 5.99. The summed E-state index contributed by atoms with van der Waals surface area (Å²) in [7, 11) is 1.56. The molecule has 5 nitrogen and oxygen atoms in total. The lowest BCUT2D eigenvalue weighted by atomic mass is 10.2. The smallest absolute Gasteiger partial charge is 0.263 e. The Kier molecular flexibility index (Phi) is 4.22. The lowest BCUT2D eigenvalue weighted by molar-refractivity contribution is 0.0968. The minimum Gasteiger partial charge on any atom is -0.396 e. The normalized spacial score (nSPS) is 19.0. The Morgan fingerprint density at radius 1 is 1.63 bits per heavy atom. The zero-order valence-electron chi connectivity index (χ0n) is 10.9. The van der Waals surface area contributed by atoms with Crippen LogP contribution in [0.1, 0.15) is 22.2 Å². The molecule has 3 N–H and O–H groups in total. The Bertz CT molecular complexity index is 535. The van der Waals surface area contributed by atoms with E-state index in [9.17, 15) is 10.1 Å². The number of nitrogen functional groups attached to an aromatic ring is 1. The third kappa shape index (κ3) is 2.65. The fraction of sp³-hybridized carbons (Fsp3) is 0.500. The highest BCUT2D eigenvalue weighted by Gasteiger charge is 2.26. The average Bonchev–Trinajstić information content (AvgIpc) is 2.75. The molecule has 7 heteroatoms. The second-order valence-electron chi connectivity index (χ2n) is 4.34. The molecular weight excluding hydrogens is 280 g/mol. The Labute approximate surface area is 120 Å². The van der Waals surface area contributed by atoms with Gasteiger partial charge >= 0.3 is 0 Å². The van der Waals surface area contributed by atoms with Gasteiger partial charge in [-0.15, -0.1) is 11.3 Å². The first-order valence-corrected chi connectivity index (χ1v) is 7.86. The Morgan fingerprint density at radius 3 is 2.95 bits per heavy atom. The SMILES string of the molecule is CNC(=O)c1sc(N2CCSC(C)C2)c(C#N)c1N. The van der Waals surface area contributed by atoms with Gasteiger partial charge in [0, 0.05) is 31.1 Å². The summed E-state index contributed by atoms with van der Waals surface area (Å²) in [4.78, 5) is 14.3. The number of nitrogens with two attached hydrogens (primary N) is 1. The second-order valence-corrected chi connectivity index (χ2v) is 6.89. The Balaban J connectivity index is 2.40. The van der Waals surface area contributed by atoms with Gasteiger partial charge in [-0.2, -0.15) is 17.0 Å². The van der Waals surface area contributed by atoms with Crippen LogP contribution in [-0.4, -0.2) is 37.0 Å². The standard InChI is InChI=1S/C12H16N4OS2/c1-7-6-16(3-4-18-7)12-8(5-13)9(14)10(19-12)11(17)15-2/h7H,3-4,6,14H2,1-2H3,(H,15,17). The van der Waals surface area contributed by atoms with E-state index in [1.54, 1.807) is 7.05 Å². The van der Waals surface area contributed by atoms with Gasteiger partial charge in [0.1, 0.15) is 21.5 Å². The minimum atomic E-state index is -0.232. The van der Waals surface area contributed by atoms with Gasteiger partial charge < -0.3 is 16.0 Å². The molecule has 1 aliphatic heterocycles. The van der Waals surface area contributed by atoms with Crippen molar-refractivity contribution in [3.05, 3.63) is 10.4 Å². The van der Waals surface area contributed by atoms with Crippen molar-refractivity contribution < 1.29 is 4.79 Å². The van der Waals surface area contributed by atoms with Gasteiger partial charge in [0.15, 0.2) is 0 Å². The molecule has 102 valence electrons. The summed E-state index contributed by atoms with van der Waals surface area (Å²) in [5, 5.41) is 13.2. The fourth-order valence-corrected chi connectivity index (χ4v) is 4.21. The maximum atomic E-state index is 11.8. The van der Waals surface area contributed by atoms with Crippen molar-refractivity contribution in [3.8, 4) is 6.07 Å². The number of nitrogens with one attached hydrogen (secondary N) is 1.